The van der Waals surface area contributed by atoms with E-state index in [1.54, 1.807) is 0 Å². The van der Waals surface area contributed by atoms with Crippen molar-refractivity contribution >= 4 is 11.8 Å². The molecule has 18 heavy (non-hydrogen) atoms. The molecule has 2 rings (SSSR count). The zero-order chi connectivity index (χ0) is 12.6. The first-order valence-electron chi connectivity index (χ1n) is 6.70. The summed E-state index contributed by atoms with van der Waals surface area (Å²) in [5.41, 5.74) is 1.37. The van der Waals surface area contributed by atoms with Crippen LogP contribution in [0.4, 0.5) is 0 Å². The molecule has 0 bridgehead atoms. The van der Waals surface area contributed by atoms with Gasteiger partial charge in [0.05, 0.1) is 6.07 Å². The van der Waals surface area contributed by atoms with E-state index in [2.05, 4.69) is 35.7 Å². The van der Waals surface area contributed by atoms with Crippen molar-refractivity contribution in [1.29, 1.82) is 5.26 Å². The van der Waals surface area contributed by atoms with Gasteiger partial charge in [-0.05, 0) is 49.1 Å². The number of benzene rings is 1. The molecule has 0 saturated heterocycles. The minimum absolute atomic E-state index is 0.687. The minimum atomic E-state index is 0.687. The molecule has 0 unspecified atom stereocenters. The molecule has 0 aliphatic heterocycles. The fourth-order valence-electron chi connectivity index (χ4n) is 1.75. The predicted molar refractivity (Wildman–Crippen MR) is 76.5 cm³/mol. The highest BCUT2D eigenvalue weighted by Gasteiger charge is 2.19. The molecule has 0 aromatic heterocycles. The molecule has 1 aromatic carbocycles. The number of nitrogens with zero attached hydrogens (tertiary/aromatic N) is 1. The minimum Gasteiger partial charge on any atom is -0.310 e. The first-order valence-corrected chi connectivity index (χ1v) is 7.69. The van der Waals surface area contributed by atoms with Crippen LogP contribution in [0.25, 0.3) is 0 Å². The van der Waals surface area contributed by atoms with Gasteiger partial charge in [0.1, 0.15) is 0 Å². The molecule has 1 aliphatic rings. The number of hydrogen-bond acceptors (Lipinski definition) is 3. The van der Waals surface area contributed by atoms with Crippen LogP contribution in [0, 0.1) is 11.3 Å². The van der Waals surface area contributed by atoms with E-state index < -0.39 is 0 Å². The highest BCUT2D eigenvalue weighted by atomic mass is 32.2. The summed E-state index contributed by atoms with van der Waals surface area (Å²) in [7, 11) is 0. The van der Waals surface area contributed by atoms with Crippen molar-refractivity contribution in [3.05, 3.63) is 29.8 Å². The molecule has 3 heteroatoms. The maximum Gasteiger partial charge on any atom is 0.0621 e. The second-order valence-corrected chi connectivity index (χ2v) is 5.93. The van der Waals surface area contributed by atoms with Gasteiger partial charge in [-0.15, -0.1) is 11.8 Å². The quantitative estimate of drug-likeness (QED) is 0.571. The van der Waals surface area contributed by atoms with E-state index in [9.17, 15) is 0 Å². The fourth-order valence-corrected chi connectivity index (χ4v) is 2.66. The van der Waals surface area contributed by atoms with E-state index >= 15 is 0 Å². The third-order valence-electron chi connectivity index (χ3n) is 3.05. The highest BCUT2D eigenvalue weighted by Crippen LogP contribution is 2.21. The molecule has 0 spiro atoms. The smallest absolute Gasteiger partial charge is 0.0621 e. The maximum absolute atomic E-state index is 8.44. The second-order valence-electron chi connectivity index (χ2n) is 4.76. The Morgan fingerprint density at radius 1 is 1.22 bits per heavy atom. The number of thioether (sulfide) groups is 1. The fraction of sp³-hybridized carbons (Fsp3) is 0.533. The largest absolute Gasteiger partial charge is 0.310 e. The summed E-state index contributed by atoms with van der Waals surface area (Å²) in [6, 6.07) is 11.8. The molecule has 0 radical (unpaired) electrons. The van der Waals surface area contributed by atoms with Crippen LogP contribution in [-0.4, -0.2) is 11.8 Å². The molecule has 2 nitrogen and oxygen atoms in total. The van der Waals surface area contributed by atoms with E-state index in [0.717, 1.165) is 31.2 Å². The Hall–Kier alpha value is -0.980. The van der Waals surface area contributed by atoms with E-state index in [1.807, 2.05) is 11.8 Å². The molecule has 0 heterocycles. The Morgan fingerprint density at radius 2 is 2.00 bits per heavy atom. The number of unbranched alkanes of at least 4 members (excludes halogenated alkanes) is 2. The van der Waals surface area contributed by atoms with Gasteiger partial charge in [0.25, 0.3) is 0 Å². The van der Waals surface area contributed by atoms with Crippen molar-refractivity contribution in [3.8, 4) is 6.07 Å². The SMILES string of the molecule is N#CCCCCSc1ccc(CNC2CC2)cc1. The standard InChI is InChI=1S/C15H20N2S/c16-10-2-1-3-11-18-15-8-4-13(5-9-15)12-17-14-6-7-14/h4-5,8-9,14,17H,1-3,6-7,11-12H2. The van der Waals surface area contributed by atoms with Gasteiger partial charge in [0.15, 0.2) is 0 Å². The van der Waals surface area contributed by atoms with Crippen LogP contribution in [0.1, 0.15) is 37.7 Å². The van der Waals surface area contributed by atoms with Crippen LogP contribution in [0.15, 0.2) is 29.2 Å². The number of nitrogens with one attached hydrogen (secondary N) is 1. The Bertz CT molecular complexity index is 390. The predicted octanol–water partition coefficient (Wildman–Crippen LogP) is 3.72. The third-order valence-corrected chi connectivity index (χ3v) is 4.15. The molecule has 0 atom stereocenters. The van der Waals surface area contributed by atoms with Crippen molar-refractivity contribution in [1.82, 2.24) is 5.32 Å². The lowest BCUT2D eigenvalue weighted by Crippen LogP contribution is -2.14. The van der Waals surface area contributed by atoms with Gasteiger partial charge in [-0.2, -0.15) is 5.26 Å². The van der Waals surface area contributed by atoms with E-state index in [-0.39, 0.29) is 0 Å². The summed E-state index contributed by atoms with van der Waals surface area (Å²) in [6.07, 6.45) is 5.52. The first-order chi connectivity index (χ1) is 8.88. The van der Waals surface area contributed by atoms with Crippen LogP contribution >= 0.6 is 11.8 Å². The summed E-state index contributed by atoms with van der Waals surface area (Å²) in [5, 5.41) is 12.0. The lowest BCUT2D eigenvalue weighted by molar-refractivity contribution is 0.687. The molecule has 1 aromatic rings. The normalized spacial score (nSPS) is 14.4. The first kappa shape index (κ1) is 13.5. The van der Waals surface area contributed by atoms with Crippen LogP contribution in [-0.2, 0) is 6.54 Å². The van der Waals surface area contributed by atoms with Gasteiger partial charge in [0, 0.05) is 23.9 Å². The summed E-state index contributed by atoms with van der Waals surface area (Å²) in [4.78, 5) is 1.34. The average Bonchev–Trinajstić information content (AvgIpc) is 3.22. The van der Waals surface area contributed by atoms with E-state index in [1.165, 1.54) is 23.3 Å². The van der Waals surface area contributed by atoms with Crippen molar-refractivity contribution in [3.63, 3.8) is 0 Å². The lowest BCUT2D eigenvalue weighted by atomic mass is 10.2. The van der Waals surface area contributed by atoms with Crippen molar-refractivity contribution < 1.29 is 0 Å². The van der Waals surface area contributed by atoms with E-state index in [4.69, 9.17) is 5.26 Å². The molecule has 1 saturated carbocycles. The molecule has 0 amide bonds. The summed E-state index contributed by atoms with van der Waals surface area (Å²) >= 11 is 1.89. The number of hydrogen-bond donors (Lipinski definition) is 1. The van der Waals surface area contributed by atoms with Crippen LogP contribution in [0.3, 0.4) is 0 Å². The average molecular weight is 260 g/mol. The van der Waals surface area contributed by atoms with Gasteiger partial charge in [-0.3, -0.25) is 0 Å². The van der Waals surface area contributed by atoms with Crippen LogP contribution in [0.5, 0.6) is 0 Å². The van der Waals surface area contributed by atoms with Gasteiger partial charge < -0.3 is 5.32 Å². The number of nitriles is 1. The second kappa shape index (κ2) is 7.45. The molecule has 1 fully saturated rings. The van der Waals surface area contributed by atoms with Gasteiger partial charge >= 0.3 is 0 Å². The molecule has 96 valence electrons. The molecular formula is C15H20N2S. The van der Waals surface area contributed by atoms with Crippen molar-refractivity contribution in [2.45, 2.75) is 49.6 Å². The van der Waals surface area contributed by atoms with Crippen molar-refractivity contribution in [2.75, 3.05) is 5.75 Å². The zero-order valence-corrected chi connectivity index (χ0v) is 11.5. The Balaban J connectivity index is 1.64. The van der Waals surface area contributed by atoms with Crippen LogP contribution in [0.2, 0.25) is 0 Å². The lowest BCUT2D eigenvalue weighted by Gasteiger charge is -2.05. The topological polar surface area (TPSA) is 35.8 Å². The Labute approximate surface area is 114 Å². The summed E-state index contributed by atoms with van der Waals surface area (Å²) in [6.45, 7) is 0.998. The van der Waals surface area contributed by atoms with Crippen molar-refractivity contribution in [2.24, 2.45) is 0 Å². The third kappa shape index (κ3) is 5.12. The molecule has 1 N–H and O–H groups in total. The van der Waals surface area contributed by atoms with E-state index in [0.29, 0.717) is 6.42 Å². The molecule has 1 aliphatic carbocycles. The number of rotatable bonds is 8. The zero-order valence-electron chi connectivity index (χ0n) is 10.7. The molecular weight excluding hydrogens is 240 g/mol. The highest BCUT2D eigenvalue weighted by molar-refractivity contribution is 7.99. The monoisotopic (exact) mass is 260 g/mol. The Morgan fingerprint density at radius 3 is 2.67 bits per heavy atom. The summed E-state index contributed by atoms with van der Waals surface area (Å²) < 4.78 is 0. The maximum atomic E-state index is 8.44. The van der Waals surface area contributed by atoms with Gasteiger partial charge in [-0.25, -0.2) is 0 Å². The van der Waals surface area contributed by atoms with Crippen LogP contribution < -0.4 is 5.32 Å². The van der Waals surface area contributed by atoms with Gasteiger partial charge in [-0.1, -0.05) is 12.1 Å². The Kier molecular flexibility index (Phi) is 5.57. The van der Waals surface area contributed by atoms with Gasteiger partial charge in [0.2, 0.25) is 0 Å². The summed E-state index contributed by atoms with van der Waals surface area (Å²) in [5.74, 6) is 1.11.